The maximum atomic E-state index is 12.3. The lowest BCUT2D eigenvalue weighted by atomic mass is 9.88. The zero-order chi connectivity index (χ0) is 15.4. The minimum absolute atomic E-state index is 0. The summed E-state index contributed by atoms with van der Waals surface area (Å²) in [4.78, 5) is 12.3. The molecule has 0 saturated heterocycles. The number of benzene rings is 1. The summed E-state index contributed by atoms with van der Waals surface area (Å²) in [6.45, 7) is 8.39. The van der Waals surface area contributed by atoms with E-state index < -0.39 is 5.54 Å². The van der Waals surface area contributed by atoms with Gasteiger partial charge in [-0.3, -0.25) is 4.79 Å². The molecule has 0 spiro atoms. The Morgan fingerprint density at radius 3 is 2.19 bits per heavy atom. The molecule has 21 heavy (non-hydrogen) atoms. The second-order valence-corrected chi connectivity index (χ2v) is 6.37. The maximum Gasteiger partial charge on any atom is 0.244 e. The zero-order valence-corrected chi connectivity index (χ0v) is 14.3. The average molecular weight is 315 g/mol. The third-order valence-corrected chi connectivity index (χ3v) is 3.54. The van der Waals surface area contributed by atoms with Gasteiger partial charge in [0.1, 0.15) is 5.54 Å². The summed E-state index contributed by atoms with van der Waals surface area (Å²) >= 11 is 0. The Balaban J connectivity index is 0.00000400. The number of amides is 1. The van der Waals surface area contributed by atoms with Crippen molar-refractivity contribution in [1.82, 2.24) is 5.32 Å². The summed E-state index contributed by atoms with van der Waals surface area (Å²) in [7, 11) is 1.65. The molecular weight excluding hydrogens is 288 g/mol. The minimum Gasteiger partial charge on any atom is -0.379 e. The van der Waals surface area contributed by atoms with E-state index in [-0.39, 0.29) is 29.8 Å². The van der Waals surface area contributed by atoms with Gasteiger partial charge in [0.2, 0.25) is 5.91 Å². The summed E-state index contributed by atoms with van der Waals surface area (Å²) < 4.78 is 5.43. The van der Waals surface area contributed by atoms with E-state index in [0.717, 1.165) is 5.56 Å². The van der Waals surface area contributed by atoms with Crippen molar-refractivity contribution in [2.75, 3.05) is 13.7 Å². The van der Waals surface area contributed by atoms with Crippen LogP contribution in [-0.4, -0.2) is 25.7 Å². The first-order chi connectivity index (χ1) is 9.19. The van der Waals surface area contributed by atoms with Gasteiger partial charge in [0.15, 0.2) is 0 Å². The van der Waals surface area contributed by atoms with Gasteiger partial charge >= 0.3 is 0 Å². The number of hydrogen-bond acceptors (Lipinski definition) is 3. The van der Waals surface area contributed by atoms with Crippen LogP contribution in [0.15, 0.2) is 30.3 Å². The number of carbonyl (C=O) groups excluding carboxylic acids is 1. The molecule has 0 fully saturated rings. The van der Waals surface area contributed by atoms with E-state index in [2.05, 4.69) is 26.1 Å². The lowest BCUT2D eigenvalue weighted by Gasteiger charge is -2.31. The Morgan fingerprint density at radius 2 is 1.76 bits per heavy atom. The topological polar surface area (TPSA) is 64.3 Å². The van der Waals surface area contributed by atoms with Crippen molar-refractivity contribution in [1.29, 1.82) is 0 Å². The fourth-order valence-electron chi connectivity index (χ4n) is 2.03. The summed E-state index contributed by atoms with van der Waals surface area (Å²) in [5, 5.41) is 2.89. The minimum atomic E-state index is -1.04. The van der Waals surface area contributed by atoms with Crippen LogP contribution in [0.25, 0.3) is 0 Å². The van der Waals surface area contributed by atoms with Gasteiger partial charge in [0, 0.05) is 13.7 Å². The fourth-order valence-corrected chi connectivity index (χ4v) is 2.03. The Bertz CT molecular complexity index is 441. The molecule has 2 unspecified atom stereocenters. The average Bonchev–Trinajstić information content (AvgIpc) is 2.38. The molecule has 0 bridgehead atoms. The molecule has 1 aromatic carbocycles. The van der Waals surface area contributed by atoms with E-state index in [1.165, 1.54) is 0 Å². The van der Waals surface area contributed by atoms with Gasteiger partial charge in [-0.15, -0.1) is 12.4 Å². The van der Waals surface area contributed by atoms with Gasteiger partial charge in [-0.25, -0.2) is 0 Å². The highest BCUT2D eigenvalue weighted by Crippen LogP contribution is 2.22. The molecular formula is C16H27ClN2O2. The van der Waals surface area contributed by atoms with Crippen molar-refractivity contribution in [3.05, 3.63) is 35.9 Å². The Hall–Kier alpha value is -1.10. The summed E-state index contributed by atoms with van der Waals surface area (Å²) in [6.07, 6.45) is -0.0574. The molecule has 4 nitrogen and oxygen atoms in total. The van der Waals surface area contributed by atoms with Crippen molar-refractivity contribution in [2.24, 2.45) is 11.1 Å². The van der Waals surface area contributed by atoms with Crippen LogP contribution >= 0.6 is 12.4 Å². The first-order valence-corrected chi connectivity index (χ1v) is 6.85. The SMILES string of the molecule is COC(CNC(=O)C(C)(N)c1ccccc1)C(C)(C)C.Cl. The van der Waals surface area contributed by atoms with Crippen molar-refractivity contribution < 1.29 is 9.53 Å². The molecule has 1 amide bonds. The normalized spacial score (nSPS) is 15.5. The highest BCUT2D eigenvalue weighted by atomic mass is 35.5. The van der Waals surface area contributed by atoms with Crippen molar-refractivity contribution in [3.63, 3.8) is 0 Å². The third-order valence-electron chi connectivity index (χ3n) is 3.54. The second-order valence-electron chi connectivity index (χ2n) is 6.37. The van der Waals surface area contributed by atoms with Crippen molar-refractivity contribution in [2.45, 2.75) is 39.3 Å². The quantitative estimate of drug-likeness (QED) is 0.877. The van der Waals surface area contributed by atoms with E-state index in [1.54, 1.807) is 14.0 Å². The molecule has 1 rings (SSSR count). The molecule has 120 valence electrons. The van der Waals surface area contributed by atoms with E-state index in [9.17, 15) is 4.79 Å². The van der Waals surface area contributed by atoms with Crippen LogP contribution in [0.2, 0.25) is 0 Å². The monoisotopic (exact) mass is 314 g/mol. The number of carbonyl (C=O) groups is 1. The van der Waals surface area contributed by atoms with Crippen LogP contribution in [0, 0.1) is 5.41 Å². The Morgan fingerprint density at radius 1 is 1.24 bits per heavy atom. The molecule has 3 N–H and O–H groups in total. The highest BCUT2D eigenvalue weighted by molar-refractivity contribution is 5.87. The molecule has 0 saturated carbocycles. The van der Waals surface area contributed by atoms with Crippen LogP contribution in [0.3, 0.4) is 0 Å². The summed E-state index contributed by atoms with van der Waals surface area (Å²) in [5.41, 5.74) is 5.87. The summed E-state index contributed by atoms with van der Waals surface area (Å²) in [6, 6.07) is 9.37. The van der Waals surface area contributed by atoms with Gasteiger partial charge in [-0.1, -0.05) is 51.1 Å². The van der Waals surface area contributed by atoms with E-state index in [4.69, 9.17) is 10.5 Å². The smallest absolute Gasteiger partial charge is 0.244 e. The maximum absolute atomic E-state index is 12.3. The lowest BCUT2D eigenvalue weighted by molar-refractivity contribution is -0.127. The van der Waals surface area contributed by atoms with Crippen molar-refractivity contribution in [3.8, 4) is 0 Å². The van der Waals surface area contributed by atoms with Gasteiger partial charge in [0.25, 0.3) is 0 Å². The fraction of sp³-hybridized carbons (Fsp3) is 0.562. The first kappa shape index (κ1) is 19.9. The largest absolute Gasteiger partial charge is 0.379 e. The van der Waals surface area contributed by atoms with Gasteiger partial charge in [-0.05, 0) is 17.9 Å². The van der Waals surface area contributed by atoms with Crippen LogP contribution in [-0.2, 0) is 15.1 Å². The Kier molecular flexibility index (Phi) is 7.37. The predicted molar refractivity (Wildman–Crippen MR) is 88.5 cm³/mol. The molecule has 0 aliphatic rings. The molecule has 0 aromatic heterocycles. The number of methoxy groups -OCH3 is 1. The van der Waals surface area contributed by atoms with Crippen LogP contribution in [0.4, 0.5) is 0 Å². The van der Waals surface area contributed by atoms with Crippen LogP contribution < -0.4 is 11.1 Å². The second kappa shape index (κ2) is 7.78. The molecule has 1 aromatic rings. The third kappa shape index (κ3) is 5.30. The van der Waals surface area contributed by atoms with Crippen LogP contribution in [0.5, 0.6) is 0 Å². The van der Waals surface area contributed by atoms with Gasteiger partial charge in [-0.2, -0.15) is 0 Å². The zero-order valence-electron chi connectivity index (χ0n) is 13.5. The lowest BCUT2D eigenvalue weighted by Crippen LogP contribution is -2.52. The molecule has 0 radical (unpaired) electrons. The molecule has 0 aliphatic heterocycles. The number of ether oxygens (including phenoxy) is 1. The van der Waals surface area contributed by atoms with Crippen LogP contribution in [0.1, 0.15) is 33.3 Å². The van der Waals surface area contributed by atoms with Gasteiger partial charge in [0.05, 0.1) is 6.10 Å². The van der Waals surface area contributed by atoms with Gasteiger partial charge < -0.3 is 15.8 Å². The van der Waals surface area contributed by atoms with Crippen molar-refractivity contribution >= 4 is 18.3 Å². The summed E-state index contributed by atoms with van der Waals surface area (Å²) in [5.74, 6) is -0.199. The van der Waals surface area contributed by atoms with E-state index >= 15 is 0 Å². The Labute approximate surface area is 133 Å². The number of nitrogens with one attached hydrogen (secondary N) is 1. The predicted octanol–water partition coefficient (Wildman–Crippen LogP) is 2.46. The molecule has 2 atom stereocenters. The van der Waals surface area contributed by atoms with E-state index in [0.29, 0.717) is 6.54 Å². The molecule has 5 heteroatoms. The molecule has 0 aliphatic carbocycles. The first-order valence-electron chi connectivity index (χ1n) is 6.85. The van der Waals surface area contributed by atoms with E-state index in [1.807, 2.05) is 30.3 Å². The number of halogens is 1. The number of hydrogen-bond donors (Lipinski definition) is 2. The highest BCUT2D eigenvalue weighted by Gasteiger charge is 2.32. The standard InChI is InChI=1S/C16H26N2O2.ClH/c1-15(2,3)13(20-5)11-18-14(19)16(4,17)12-9-7-6-8-10-12;/h6-10,13H,11,17H2,1-5H3,(H,18,19);1H. The molecule has 0 heterocycles. The number of rotatable bonds is 5. The number of nitrogens with two attached hydrogens (primary N) is 1.